The summed E-state index contributed by atoms with van der Waals surface area (Å²) < 4.78 is 0. The van der Waals surface area contributed by atoms with E-state index in [0.717, 1.165) is 38.2 Å². The molecule has 0 atom stereocenters. The van der Waals surface area contributed by atoms with Gasteiger partial charge < -0.3 is 20.7 Å². The molecule has 0 saturated carbocycles. The lowest BCUT2D eigenvalue weighted by Gasteiger charge is -2.37. The maximum Gasteiger partial charge on any atom is 0.190 e. The summed E-state index contributed by atoms with van der Waals surface area (Å²) in [7, 11) is 2.05. The van der Waals surface area contributed by atoms with Crippen LogP contribution in [0.3, 0.4) is 0 Å². The Kier molecular flexibility index (Phi) is 4.79. The number of nitrogens with two attached hydrogens (primary N) is 1. The average molecular weight is 277 g/mol. The fraction of sp³-hybridized carbons (Fsp3) is 0.571. The minimum atomic E-state index is 0.0541. The molecule has 1 aromatic rings. The summed E-state index contributed by atoms with van der Waals surface area (Å²) in [5.74, 6) is 0.0541. The van der Waals surface area contributed by atoms with E-state index < -0.39 is 0 Å². The Bertz CT molecular complexity index is 468. The highest BCUT2D eigenvalue weighted by molar-refractivity contribution is 6.00. The summed E-state index contributed by atoms with van der Waals surface area (Å²) in [5.41, 5.74) is 7.16. The van der Waals surface area contributed by atoms with E-state index in [9.17, 15) is 0 Å². The van der Waals surface area contributed by atoms with E-state index >= 15 is 0 Å². The van der Waals surface area contributed by atoms with Gasteiger partial charge in [-0.2, -0.15) is 0 Å². The highest BCUT2D eigenvalue weighted by atomic mass is 16.4. The third-order valence-electron chi connectivity index (χ3n) is 4.07. The predicted octanol–water partition coefficient (Wildman–Crippen LogP) is 1.10. The average Bonchev–Trinajstić information content (AvgIpc) is 2.53. The van der Waals surface area contributed by atoms with Crippen molar-refractivity contribution in [3.63, 3.8) is 0 Å². The molecule has 1 saturated heterocycles. The van der Waals surface area contributed by atoms with Crippen molar-refractivity contribution in [1.29, 1.82) is 0 Å². The number of piperidine rings is 1. The second kappa shape index (κ2) is 6.56. The molecule has 1 aliphatic heterocycles. The fourth-order valence-corrected chi connectivity index (χ4v) is 2.75. The molecule has 1 fully saturated rings. The molecular weight excluding hydrogens is 254 g/mol. The van der Waals surface area contributed by atoms with Gasteiger partial charge in [-0.15, -0.1) is 0 Å². The summed E-state index contributed by atoms with van der Waals surface area (Å²) in [5, 5.41) is 11.9. The Morgan fingerprint density at radius 3 is 2.85 bits per heavy atom. The van der Waals surface area contributed by atoms with Crippen molar-refractivity contribution in [2.45, 2.75) is 25.8 Å². The van der Waals surface area contributed by atoms with Gasteiger partial charge >= 0.3 is 0 Å². The van der Waals surface area contributed by atoms with Crippen LogP contribution in [0.5, 0.6) is 0 Å². The molecule has 0 spiro atoms. The largest absolute Gasteiger partial charge is 0.409 e. The first-order valence-corrected chi connectivity index (χ1v) is 7.05. The number of oxime groups is 1. The Morgan fingerprint density at radius 2 is 2.25 bits per heavy atom. The number of pyridine rings is 1. The Morgan fingerprint density at radius 1 is 1.55 bits per heavy atom. The van der Waals surface area contributed by atoms with Gasteiger partial charge in [-0.1, -0.05) is 12.1 Å². The van der Waals surface area contributed by atoms with Crippen LogP contribution in [0.2, 0.25) is 0 Å². The Labute approximate surface area is 119 Å². The van der Waals surface area contributed by atoms with E-state index in [-0.39, 0.29) is 5.84 Å². The molecule has 2 rings (SSSR count). The van der Waals surface area contributed by atoms with Gasteiger partial charge in [0.1, 0.15) is 5.69 Å². The smallest absolute Gasteiger partial charge is 0.190 e. The summed E-state index contributed by atoms with van der Waals surface area (Å²) in [6.45, 7) is 5.54. The number of likely N-dealkylation sites (tertiary alicyclic amines) is 1. The number of rotatable bonds is 4. The maximum atomic E-state index is 8.87. The second-order valence-corrected chi connectivity index (χ2v) is 5.13. The first kappa shape index (κ1) is 14.6. The molecule has 1 aromatic heterocycles. The highest BCUT2D eigenvalue weighted by Gasteiger charge is 2.24. The van der Waals surface area contributed by atoms with Crippen molar-refractivity contribution in [2.75, 3.05) is 31.6 Å². The molecule has 20 heavy (non-hydrogen) atoms. The molecule has 6 nitrogen and oxygen atoms in total. The van der Waals surface area contributed by atoms with E-state index in [1.807, 2.05) is 12.1 Å². The fourth-order valence-electron chi connectivity index (χ4n) is 2.75. The highest BCUT2D eigenvalue weighted by Crippen LogP contribution is 2.24. The minimum Gasteiger partial charge on any atom is -0.409 e. The molecule has 2 heterocycles. The van der Waals surface area contributed by atoms with Gasteiger partial charge in [0.25, 0.3) is 0 Å². The van der Waals surface area contributed by atoms with Crippen molar-refractivity contribution in [3.8, 4) is 0 Å². The van der Waals surface area contributed by atoms with Gasteiger partial charge in [-0.25, -0.2) is 0 Å². The van der Waals surface area contributed by atoms with Crippen LogP contribution in [-0.4, -0.2) is 53.7 Å². The van der Waals surface area contributed by atoms with E-state index in [2.05, 4.69) is 33.9 Å². The molecule has 6 heteroatoms. The second-order valence-electron chi connectivity index (χ2n) is 5.13. The monoisotopic (exact) mass is 277 g/mol. The zero-order valence-electron chi connectivity index (χ0n) is 12.2. The van der Waals surface area contributed by atoms with Gasteiger partial charge in [-0.3, -0.25) is 4.98 Å². The number of hydrogen-bond donors (Lipinski definition) is 2. The quantitative estimate of drug-likeness (QED) is 0.373. The van der Waals surface area contributed by atoms with Crippen molar-refractivity contribution in [1.82, 2.24) is 9.88 Å². The lowest BCUT2D eigenvalue weighted by Crippen LogP contribution is -2.44. The molecule has 0 aliphatic carbocycles. The molecule has 3 N–H and O–H groups in total. The van der Waals surface area contributed by atoms with Crippen LogP contribution in [0.15, 0.2) is 23.5 Å². The number of amidine groups is 1. The molecule has 0 unspecified atom stereocenters. The Hall–Kier alpha value is -1.82. The van der Waals surface area contributed by atoms with Gasteiger partial charge in [0.05, 0.1) is 5.69 Å². The molecule has 0 amide bonds. The van der Waals surface area contributed by atoms with Crippen LogP contribution in [0.1, 0.15) is 25.5 Å². The molecule has 0 radical (unpaired) electrons. The predicted molar refractivity (Wildman–Crippen MR) is 80.3 cm³/mol. The van der Waals surface area contributed by atoms with Crippen LogP contribution in [-0.2, 0) is 0 Å². The van der Waals surface area contributed by atoms with Crippen molar-refractivity contribution in [2.24, 2.45) is 10.9 Å². The Balaban J connectivity index is 2.15. The third kappa shape index (κ3) is 3.01. The van der Waals surface area contributed by atoms with Gasteiger partial charge in [0.15, 0.2) is 5.84 Å². The zero-order chi connectivity index (χ0) is 14.5. The zero-order valence-corrected chi connectivity index (χ0v) is 12.2. The number of nitrogens with zero attached hydrogens (tertiary/aromatic N) is 4. The van der Waals surface area contributed by atoms with E-state index in [4.69, 9.17) is 10.9 Å². The van der Waals surface area contributed by atoms with Crippen LogP contribution in [0.25, 0.3) is 0 Å². The van der Waals surface area contributed by atoms with Gasteiger partial charge in [0.2, 0.25) is 0 Å². The first-order valence-electron chi connectivity index (χ1n) is 7.05. The van der Waals surface area contributed by atoms with Crippen LogP contribution in [0, 0.1) is 0 Å². The lowest BCUT2D eigenvalue weighted by atomic mass is 10.0. The summed E-state index contributed by atoms with van der Waals surface area (Å²) in [6.07, 6.45) is 3.90. The number of anilines is 1. The molecular formula is C14H23N5O. The number of aromatic nitrogens is 1. The normalized spacial score (nSPS) is 18.2. The topological polar surface area (TPSA) is 78.0 Å². The summed E-state index contributed by atoms with van der Waals surface area (Å²) in [6, 6.07) is 4.31. The van der Waals surface area contributed by atoms with Gasteiger partial charge in [0, 0.05) is 32.4 Å². The summed E-state index contributed by atoms with van der Waals surface area (Å²) in [4.78, 5) is 8.89. The molecule has 1 aliphatic rings. The number of hydrogen-bond acceptors (Lipinski definition) is 5. The molecule has 0 aromatic carbocycles. The van der Waals surface area contributed by atoms with Crippen molar-refractivity contribution >= 4 is 11.5 Å². The molecule has 0 bridgehead atoms. The third-order valence-corrected chi connectivity index (χ3v) is 4.07. The standard InChI is InChI=1S/C14H23N5O/c1-3-19-9-6-11(7-10-19)18(2)12-5-4-8-16-13(12)14(15)17-20/h4-5,8,11,20H,3,6-7,9-10H2,1-2H3,(H2,15,17). The minimum absolute atomic E-state index is 0.0541. The maximum absolute atomic E-state index is 8.87. The SMILES string of the molecule is CCN1CCC(N(C)c2cccnc2/C(N)=N/O)CC1. The van der Waals surface area contributed by atoms with Crippen LogP contribution < -0.4 is 10.6 Å². The van der Waals surface area contributed by atoms with Crippen LogP contribution in [0.4, 0.5) is 5.69 Å². The van der Waals surface area contributed by atoms with E-state index in [1.165, 1.54) is 0 Å². The van der Waals surface area contributed by atoms with E-state index in [1.54, 1.807) is 6.20 Å². The molecule has 110 valence electrons. The van der Waals surface area contributed by atoms with Crippen molar-refractivity contribution in [3.05, 3.63) is 24.0 Å². The summed E-state index contributed by atoms with van der Waals surface area (Å²) >= 11 is 0. The van der Waals surface area contributed by atoms with E-state index in [0.29, 0.717) is 11.7 Å². The van der Waals surface area contributed by atoms with Gasteiger partial charge in [-0.05, 0) is 31.5 Å². The van der Waals surface area contributed by atoms with Crippen LogP contribution >= 0.6 is 0 Å². The first-order chi connectivity index (χ1) is 9.67. The van der Waals surface area contributed by atoms with Crippen molar-refractivity contribution < 1.29 is 5.21 Å². The lowest BCUT2D eigenvalue weighted by molar-refractivity contribution is 0.221.